The van der Waals surface area contributed by atoms with E-state index in [1.165, 1.54) is 17.4 Å². The molecule has 116 valence electrons. The lowest BCUT2D eigenvalue weighted by molar-refractivity contribution is -0.137. The number of hydrogen-bond acceptors (Lipinski definition) is 4. The van der Waals surface area contributed by atoms with Crippen molar-refractivity contribution in [3.05, 3.63) is 41.6 Å². The molecule has 0 aliphatic carbocycles. The van der Waals surface area contributed by atoms with Gasteiger partial charge in [0.15, 0.2) is 0 Å². The van der Waals surface area contributed by atoms with Gasteiger partial charge in [-0.15, -0.1) is 11.3 Å². The number of carbonyl (C=O) groups is 2. The first-order valence-corrected chi connectivity index (χ1v) is 7.64. The van der Waals surface area contributed by atoms with Crippen LogP contribution in [-0.2, 0) is 4.79 Å². The third-order valence-electron chi connectivity index (χ3n) is 2.88. The molecule has 0 aliphatic rings. The van der Waals surface area contributed by atoms with E-state index in [4.69, 9.17) is 0 Å². The van der Waals surface area contributed by atoms with Crippen LogP contribution in [0.5, 0.6) is 0 Å². The van der Waals surface area contributed by atoms with Gasteiger partial charge in [0, 0.05) is 22.5 Å². The first-order chi connectivity index (χ1) is 10.3. The standard InChI is InChI=1S/C16H18N2O3S/c1-16(2,3)6-4-11(15(20)21)18-14(19)13-8-10-9-17-7-5-12(10)22-13/h4-9,11H,1-3H3,(H,18,19)(H,20,21)/b6-4+/t11-/m1/s1. The zero-order chi connectivity index (χ0) is 16.3. The summed E-state index contributed by atoms with van der Waals surface area (Å²) >= 11 is 1.31. The van der Waals surface area contributed by atoms with E-state index in [1.807, 2.05) is 26.8 Å². The zero-order valence-electron chi connectivity index (χ0n) is 12.7. The molecule has 2 heterocycles. The van der Waals surface area contributed by atoms with Gasteiger partial charge >= 0.3 is 5.97 Å². The van der Waals surface area contributed by atoms with E-state index in [2.05, 4.69) is 10.3 Å². The Bertz CT molecular complexity index is 695. The lowest BCUT2D eigenvalue weighted by Crippen LogP contribution is -2.39. The number of nitrogens with zero attached hydrogens (tertiary/aromatic N) is 1. The van der Waals surface area contributed by atoms with Gasteiger partial charge in [-0.1, -0.05) is 32.9 Å². The molecule has 0 unspecified atom stereocenters. The number of aromatic nitrogens is 1. The molecule has 0 aromatic carbocycles. The number of hydrogen-bond donors (Lipinski definition) is 2. The molecule has 0 spiro atoms. The Morgan fingerprint density at radius 1 is 1.41 bits per heavy atom. The molecule has 2 aromatic rings. The molecular formula is C16H18N2O3S. The summed E-state index contributed by atoms with van der Waals surface area (Å²) in [5, 5.41) is 12.6. The first kappa shape index (κ1) is 16.2. The first-order valence-electron chi connectivity index (χ1n) is 6.83. The number of fused-ring (bicyclic) bond motifs is 1. The molecule has 2 rings (SSSR count). The van der Waals surface area contributed by atoms with Gasteiger partial charge in [-0.05, 0) is 17.5 Å². The molecule has 1 amide bonds. The minimum absolute atomic E-state index is 0.151. The van der Waals surface area contributed by atoms with Crippen molar-refractivity contribution in [3.8, 4) is 0 Å². The summed E-state index contributed by atoms with van der Waals surface area (Å²) in [6, 6.07) is 2.50. The molecule has 5 nitrogen and oxygen atoms in total. The molecule has 6 heteroatoms. The van der Waals surface area contributed by atoms with Gasteiger partial charge in [0.2, 0.25) is 0 Å². The Hall–Kier alpha value is -2.21. The van der Waals surface area contributed by atoms with Crippen molar-refractivity contribution in [1.29, 1.82) is 0 Å². The van der Waals surface area contributed by atoms with Crippen LogP contribution in [0.15, 0.2) is 36.7 Å². The number of pyridine rings is 1. The number of carboxylic acids is 1. The van der Waals surface area contributed by atoms with Crippen LogP contribution in [0.1, 0.15) is 30.4 Å². The average Bonchev–Trinajstić information content (AvgIpc) is 2.85. The molecule has 0 saturated carbocycles. The quantitative estimate of drug-likeness (QED) is 0.849. The largest absolute Gasteiger partial charge is 0.479 e. The zero-order valence-corrected chi connectivity index (χ0v) is 13.5. The number of nitrogens with one attached hydrogen (secondary N) is 1. The second-order valence-electron chi connectivity index (χ2n) is 6.04. The van der Waals surface area contributed by atoms with Crippen molar-refractivity contribution in [3.63, 3.8) is 0 Å². The highest BCUT2D eigenvalue weighted by Crippen LogP contribution is 2.24. The van der Waals surface area contributed by atoms with E-state index in [9.17, 15) is 14.7 Å². The fourth-order valence-corrected chi connectivity index (χ4v) is 2.72. The summed E-state index contributed by atoms with van der Waals surface area (Å²) in [7, 11) is 0. The minimum Gasteiger partial charge on any atom is -0.479 e. The minimum atomic E-state index is -1.09. The lowest BCUT2D eigenvalue weighted by atomic mass is 9.95. The number of allylic oxidation sites excluding steroid dienone is 1. The summed E-state index contributed by atoms with van der Waals surface area (Å²) in [6.07, 6.45) is 6.62. The molecule has 22 heavy (non-hydrogen) atoms. The van der Waals surface area contributed by atoms with Crippen molar-refractivity contribution >= 4 is 33.3 Å². The van der Waals surface area contributed by atoms with E-state index in [0.29, 0.717) is 4.88 Å². The summed E-state index contributed by atoms with van der Waals surface area (Å²) in [6.45, 7) is 5.88. The highest BCUT2D eigenvalue weighted by molar-refractivity contribution is 7.20. The number of carboxylic acid groups (broad SMARTS) is 1. The Labute approximate surface area is 132 Å². The third-order valence-corrected chi connectivity index (χ3v) is 4.00. The summed E-state index contributed by atoms with van der Waals surface area (Å²) < 4.78 is 0.942. The van der Waals surface area contributed by atoms with Crippen molar-refractivity contribution in [2.75, 3.05) is 0 Å². The van der Waals surface area contributed by atoms with Gasteiger partial charge in [-0.3, -0.25) is 9.78 Å². The van der Waals surface area contributed by atoms with Gasteiger partial charge in [0.05, 0.1) is 4.88 Å². The van der Waals surface area contributed by atoms with Gasteiger partial charge in [0.25, 0.3) is 5.91 Å². The van der Waals surface area contributed by atoms with Crippen molar-refractivity contribution in [2.45, 2.75) is 26.8 Å². The Balaban J connectivity index is 2.17. The van der Waals surface area contributed by atoms with Crippen molar-refractivity contribution < 1.29 is 14.7 Å². The second kappa shape index (κ2) is 6.27. The Morgan fingerprint density at radius 3 is 2.73 bits per heavy atom. The maximum absolute atomic E-state index is 12.2. The van der Waals surface area contributed by atoms with Crippen molar-refractivity contribution in [1.82, 2.24) is 10.3 Å². The number of amides is 1. The average molecular weight is 318 g/mol. The molecule has 0 radical (unpaired) electrons. The molecular weight excluding hydrogens is 300 g/mol. The van der Waals surface area contributed by atoms with Crippen LogP contribution in [0.3, 0.4) is 0 Å². The second-order valence-corrected chi connectivity index (χ2v) is 7.12. The number of thiophene rings is 1. The van der Waals surface area contributed by atoms with Crippen LogP contribution in [-0.4, -0.2) is 28.0 Å². The maximum atomic E-state index is 12.2. The van der Waals surface area contributed by atoms with E-state index in [-0.39, 0.29) is 5.41 Å². The predicted molar refractivity (Wildman–Crippen MR) is 87.1 cm³/mol. The fraction of sp³-hybridized carbons (Fsp3) is 0.312. The Morgan fingerprint density at radius 2 is 2.14 bits per heavy atom. The van der Waals surface area contributed by atoms with Gasteiger partial charge in [-0.25, -0.2) is 4.79 Å². The normalized spacial score (nSPS) is 13.4. The van der Waals surface area contributed by atoms with E-state index in [1.54, 1.807) is 24.5 Å². The molecule has 2 N–H and O–H groups in total. The van der Waals surface area contributed by atoms with E-state index < -0.39 is 17.9 Å². The van der Waals surface area contributed by atoms with Gasteiger partial charge in [-0.2, -0.15) is 0 Å². The number of carbonyl (C=O) groups excluding carboxylic acids is 1. The van der Waals surface area contributed by atoms with Crippen LogP contribution < -0.4 is 5.32 Å². The monoisotopic (exact) mass is 318 g/mol. The number of rotatable bonds is 4. The summed E-state index contributed by atoms with van der Waals surface area (Å²) in [5.74, 6) is -1.48. The van der Waals surface area contributed by atoms with Crippen molar-refractivity contribution in [2.24, 2.45) is 5.41 Å². The molecule has 0 saturated heterocycles. The van der Waals surface area contributed by atoms with Crippen LogP contribution in [0.4, 0.5) is 0 Å². The molecule has 0 aliphatic heterocycles. The summed E-state index contributed by atoms with van der Waals surface area (Å²) in [5.41, 5.74) is -0.151. The SMILES string of the molecule is CC(C)(C)/C=C/[C@@H](NC(=O)c1cc2cnccc2s1)C(=O)O. The van der Waals surface area contributed by atoms with Gasteiger partial charge < -0.3 is 10.4 Å². The lowest BCUT2D eigenvalue weighted by Gasteiger charge is -2.14. The smallest absolute Gasteiger partial charge is 0.330 e. The van der Waals surface area contributed by atoms with E-state index >= 15 is 0 Å². The van der Waals surface area contributed by atoms with Gasteiger partial charge in [0.1, 0.15) is 6.04 Å². The molecule has 0 bridgehead atoms. The highest BCUT2D eigenvalue weighted by Gasteiger charge is 2.20. The Kier molecular flexibility index (Phi) is 4.61. The van der Waals surface area contributed by atoms with E-state index in [0.717, 1.165) is 10.1 Å². The van der Waals surface area contributed by atoms with Crippen LogP contribution in [0.2, 0.25) is 0 Å². The molecule has 0 fully saturated rings. The maximum Gasteiger partial charge on any atom is 0.330 e. The topological polar surface area (TPSA) is 79.3 Å². The summed E-state index contributed by atoms with van der Waals surface area (Å²) in [4.78, 5) is 28.0. The fourth-order valence-electron chi connectivity index (χ4n) is 1.79. The third kappa shape index (κ3) is 4.14. The van der Waals surface area contributed by atoms with Crippen LogP contribution in [0, 0.1) is 5.41 Å². The molecule has 1 atom stereocenters. The molecule has 2 aromatic heterocycles. The number of aliphatic carboxylic acids is 1. The van der Waals surface area contributed by atoms with Crippen LogP contribution in [0.25, 0.3) is 10.1 Å². The highest BCUT2D eigenvalue weighted by atomic mass is 32.1. The predicted octanol–water partition coefficient (Wildman–Crippen LogP) is 3.08. The van der Waals surface area contributed by atoms with Crippen LogP contribution >= 0.6 is 11.3 Å².